The van der Waals surface area contributed by atoms with Gasteiger partial charge in [0.05, 0.1) is 12.6 Å². The van der Waals surface area contributed by atoms with Crippen molar-refractivity contribution in [2.45, 2.75) is 25.9 Å². The second-order valence-electron chi connectivity index (χ2n) is 5.63. The molecule has 0 aromatic heterocycles. The standard InChI is InChI=1S/C16H23ClN2O3/c1-12(20)13-4-3-8-19(11-13)16(21)18-7-9-22-15-6-2-5-14(17)10-15/h2,5-6,10,12-13,20H,3-4,7-9,11H2,1H3,(H,18,21). The molecule has 1 heterocycles. The molecule has 1 aromatic carbocycles. The average molecular weight is 327 g/mol. The molecule has 2 atom stereocenters. The molecule has 2 rings (SSSR count). The Morgan fingerprint density at radius 1 is 1.59 bits per heavy atom. The number of carbonyl (C=O) groups excluding carboxylic acids is 1. The highest BCUT2D eigenvalue weighted by Gasteiger charge is 2.26. The van der Waals surface area contributed by atoms with Crippen molar-refractivity contribution >= 4 is 17.6 Å². The van der Waals surface area contributed by atoms with Gasteiger partial charge in [-0.1, -0.05) is 17.7 Å². The smallest absolute Gasteiger partial charge is 0.317 e. The summed E-state index contributed by atoms with van der Waals surface area (Å²) < 4.78 is 5.53. The quantitative estimate of drug-likeness (QED) is 0.817. The predicted molar refractivity (Wildman–Crippen MR) is 86.3 cm³/mol. The Hall–Kier alpha value is -1.46. The Bertz CT molecular complexity index is 496. The Balaban J connectivity index is 1.69. The lowest BCUT2D eigenvalue weighted by molar-refractivity contribution is 0.0737. The highest BCUT2D eigenvalue weighted by Crippen LogP contribution is 2.19. The van der Waals surface area contributed by atoms with Crippen LogP contribution in [0.25, 0.3) is 0 Å². The van der Waals surface area contributed by atoms with Gasteiger partial charge >= 0.3 is 6.03 Å². The molecule has 1 fully saturated rings. The van der Waals surface area contributed by atoms with Gasteiger partial charge in [-0.15, -0.1) is 0 Å². The van der Waals surface area contributed by atoms with E-state index in [1.165, 1.54) is 0 Å². The molecular formula is C16H23ClN2O3. The number of nitrogens with one attached hydrogen (secondary N) is 1. The zero-order chi connectivity index (χ0) is 15.9. The molecule has 122 valence electrons. The van der Waals surface area contributed by atoms with Crippen molar-refractivity contribution in [3.05, 3.63) is 29.3 Å². The fourth-order valence-electron chi connectivity index (χ4n) is 2.58. The minimum atomic E-state index is -0.373. The van der Waals surface area contributed by atoms with Crippen LogP contribution in [0.5, 0.6) is 5.75 Å². The number of halogens is 1. The first-order chi connectivity index (χ1) is 10.6. The summed E-state index contributed by atoms with van der Waals surface area (Å²) in [7, 11) is 0. The van der Waals surface area contributed by atoms with E-state index in [0.717, 1.165) is 19.4 Å². The summed E-state index contributed by atoms with van der Waals surface area (Å²) in [6.07, 6.45) is 1.53. The summed E-state index contributed by atoms with van der Waals surface area (Å²) >= 11 is 5.87. The van der Waals surface area contributed by atoms with Gasteiger partial charge < -0.3 is 20.1 Å². The number of piperidine rings is 1. The summed E-state index contributed by atoms with van der Waals surface area (Å²) in [6.45, 7) is 3.95. The van der Waals surface area contributed by atoms with Crippen LogP contribution in [0.1, 0.15) is 19.8 Å². The summed E-state index contributed by atoms with van der Waals surface area (Å²) in [5.74, 6) is 0.858. The van der Waals surface area contributed by atoms with Crippen molar-refractivity contribution < 1.29 is 14.6 Å². The van der Waals surface area contributed by atoms with Crippen LogP contribution in [0.3, 0.4) is 0 Å². The number of hydrogen-bond donors (Lipinski definition) is 2. The topological polar surface area (TPSA) is 61.8 Å². The van der Waals surface area contributed by atoms with Gasteiger partial charge in [0.25, 0.3) is 0 Å². The molecule has 0 spiro atoms. The normalized spacial score (nSPS) is 19.6. The largest absolute Gasteiger partial charge is 0.492 e. The van der Waals surface area contributed by atoms with E-state index in [2.05, 4.69) is 5.32 Å². The van der Waals surface area contributed by atoms with Crippen LogP contribution in [-0.2, 0) is 0 Å². The maximum absolute atomic E-state index is 12.1. The highest BCUT2D eigenvalue weighted by molar-refractivity contribution is 6.30. The van der Waals surface area contributed by atoms with Crippen molar-refractivity contribution in [2.24, 2.45) is 5.92 Å². The average Bonchev–Trinajstić information content (AvgIpc) is 2.51. The van der Waals surface area contributed by atoms with Crippen molar-refractivity contribution in [2.75, 3.05) is 26.2 Å². The van der Waals surface area contributed by atoms with Gasteiger partial charge in [-0.05, 0) is 38.0 Å². The predicted octanol–water partition coefficient (Wildman–Crippen LogP) is 2.52. The number of aliphatic hydroxyl groups is 1. The number of urea groups is 1. The molecule has 0 aliphatic carbocycles. The Morgan fingerprint density at radius 3 is 3.14 bits per heavy atom. The number of aliphatic hydroxyl groups excluding tert-OH is 1. The molecule has 1 aromatic rings. The van der Waals surface area contributed by atoms with E-state index in [4.69, 9.17) is 16.3 Å². The van der Waals surface area contributed by atoms with E-state index in [9.17, 15) is 9.90 Å². The minimum absolute atomic E-state index is 0.0972. The zero-order valence-corrected chi connectivity index (χ0v) is 13.6. The zero-order valence-electron chi connectivity index (χ0n) is 12.8. The van der Waals surface area contributed by atoms with Crippen LogP contribution in [0.15, 0.2) is 24.3 Å². The number of hydrogen-bond acceptors (Lipinski definition) is 3. The molecule has 2 N–H and O–H groups in total. The van der Waals surface area contributed by atoms with E-state index < -0.39 is 0 Å². The number of benzene rings is 1. The van der Waals surface area contributed by atoms with E-state index in [0.29, 0.717) is 30.5 Å². The molecule has 0 bridgehead atoms. The minimum Gasteiger partial charge on any atom is -0.492 e. The first-order valence-corrected chi connectivity index (χ1v) is 8.03. The SMILES string of the molecule is CC(O)C1CCCN(C(=O)NCCOc2cccc(Cl)c2)C1. The van der Waals surface area contributed by atoms with Crippen molar-refractivity contribution in [3.63, 3.8) is 0 Å². The molecule has 2 unspecified atom stereocenters. The molecule has 0 radical (unpaired) electrons. The Morgan fingerprint density at radius 2 is 2.41 bits per heavy atom. The van der Waals surface area contributed by atoms with Gasteiger partial charge in [-0.3, -0.25) is 0 Å². The first kappa shape index (κ1) is 16.9. The number of amides is 2. The Kier molecular flexibility index (Phi) is 6.34. The van der Waals surface area contributed by atoms with Gasteiger partial charge in [0.15, 0.2) is 0 Å². The second kappa shape index (κ2) is 8.25. The lowest BCUT2D eigenvalue weighted by Crippen LogP contribution is -2.48. The summed E-state index contributed by atoms with van der Waals surface area (Å²) in [5, 5.41) is 13.1. The van der Waals surface area contributed by atoms with E-state index >= 15 is 0 Å². The molecule has 5 nitrogen and oxygen atoms in total. The number of likely N-dealkylation sites (tertiary alicyclic amines) is 1. The van der Waals surface area contributed by atoms with E-state index in [-0.39, 0.29) is 18.1 Å². The number of carbonyl (C=O) groups is 1. The Labute approximate surface area is 136 Å². The number of nitrogens with zero attached hydrogens (tertiary/aromatic N) is 1. The number of rotatable bonds is 5. The first-order valence-electron chi connectivity index (χ1n) is 7.65. The fraction of sp³-hybridized carbons (Fsp3) is 0.562. The summed E-state index contributed by atoms with van der Waals surface area (Å²) in [5.41, 5.74) is 0. The monoisotopic (exact) mass is 326 g/mol. The molecule has 1 aliphatic heterocycles. The van der Waals surface area contributed by atoms with Crippen LogP contribution in [0.2, 0.25) is 5.02 Å². The van der Waals surface area contributed by atoms with Crippen LogP contribution >= 0.6 is 11.6 Å². The lowest BCUT2D eigenvalue weighted by Gasteiger charge is -2.34. The molecule has 0 saturated carbocycles. The van der Waals surface area contributed by atoms with Gasteiger partial charge in [-0.2, -0.15) is 0 Å². The number of ether oxygens (including phenoxy) is 1. The second-order valence-corrected chi connectivity index (χ2v) is 6.06. The third-order valence-electron chi connectivity index (χ3n) is 3.87. The summed E-state index contributed by atoms with van der Waals surface area (Å²) in [6, 6.07) is 7.07. The molecule has 1 aliphatic rings. The molecular weight excluding hydrogens is 304 g/mol. The van der Waals surface area contributed by atoms with E-state index in [1.54, 1.807) is 24.0 Å². The third-order valence-corrected chi connectivity index (χ3v) is 4.11. The van der Waals surface area contributed by atoms with Crippen molar-refractivity contribution in [1.29, 1.82) is 0 Å². The van der Waals surface area contributed by atoms with Gasteiger partial charge in [0.2, 0.25) is 0 Å². The molecule has 2 amide bonds. The van der Waals surface area contributed by atoms with Crippen LogP contribution in [0.4, 0.5) is 4.79 Å². The highest BCUT2D eigenvalue weighted by atomic mass is 35.5. The lowest BCUT2D eigenvalue weighted by atomic mass is 9.94. The van der Waals surface area contributed by atoms with Gasteiger partial charge in [-0.25, -0.2) is 4.79 Å². The molecule has 6 heteroatoms. The third kappa shape index (κ3) is 5.07. The van der Waals surface area contributed by atoms with E-state index in [1.807, 2.05) is 12.1 Å². The van der Waals surface area contributed by atoms with Crippen LogP contribution in [0, 0.1) is 5.92 Å². The molecule has 1 saturated heterocycles. The molecule has 22 heavy (non-hydrogen) atoms. The maximum atomic E-state index is 12.1. The van der Waals surface area contributed by atoms with Crippen molar-refractivity contribution in [1.82, 2.24) is 10.2 Å². The van der Waals surface area contributed by atoms with Crippen molar-refractivity contribution in [3.8, 4) is 5.75 Å². The van der Waals surface area contributed by atoms with Crippen LogP contribution in [-0.4, -0.2) is 48.4 Å². The van der Waals surface area contributed by atoms with Crippen LogP contribution < -0.4 is 10.1 Å². The maximum Gasteiger partial charge on any atom is 0.317 e. The van der Waals surface area contributed by atoms with Gasteiger partial charge in [0.1, 0.15) is 12.4 Å². The summed E-state index contributed by atoms with van der Waals surface area (Å²) in [4.78, 5) is 13.9. The van der Waals surface area contributed by atoms with Gasteiger partial charge in [0, 0.05) is 24.0 Å². The fourth-order valence-corrected chi connectivity index (χ4v) is 2.76.